The van der Waals surface area contributed by atoms with E-state index in [9.17, 15) is 14.7 Å². The molecule has 0 unspecified atom stereocenters. The zero-order valence-corrected chi connectivity index (χ0v) is 19.0. The first kappa shape index (κ1) is 22.0. The van der Waals surface area contributed by atoms with Crippen molar-refractivity contribution in [2.45, 2.75) is 13.8 Å². The highest BCUT2D eigenvalue weighted by Gasteiger charge is 2.24. The number of fused-ring (bicyclic) bond motifs is 1. The van der Waals surface area contributed by atoms with Crippen LogP contribution in [-0.2, 0) is 0 Å². The molecular formula is C27H22N4O4. The van der Waals surface area contributed by atoms with Gasteiger partial charge in [-0.3, -0.25) is 14.7 Å². The average molecular weight is 466 g/mol. The molecule has 8 nitrogen and oxygen atoms in total. The molecule has 0 radical (unpaired) electrons. The second kappa shape index (κ2) is 8.83. The Kier molecular flexibility index (Phi) is 5.54. The zero-order chi connectivity index (χ0) is 24.5. The summed E-state index contributed by atoms with van der Waals surface area (Å²) in [6.45, 7) is 3.83. The second-order valence-electron chi connectivity index (χ2n) is 8.27. The first-order valence-corrected chi connectivity index (χ1v) is 11.0. The maximum Gasteiger partial charge on any atom is 0.293 e. The van der Waals surface area contributed by atoms with Crippen LogP contribution in [0.3, 0.4) is 0 Å². The lowest BCUT2D eigenvalue weighted by atomic mass is 10.1. The van der Waals surface area contributed by atoms with E-state index in [4.69, 9.17) is 4.42 Å². The molecule has 3 aromatic carbocycles. The molecule has 2 heterocycles. The molecule has 35 heavy (non-hydrogen) atoms. The molecule has 2 amide bonds. The topological polar surface area (TPSA) is 120 Å². The molecule has 5 aromatic rings. The molecule has 0 bridgehead atoms. The summed E-state index contributed by atoms with van der Waals surface area (Å²) in [6, 6.07) is 21.1. The van der Waals surface area contributed by atoms with Crippen molar-refractivity contribution in [1.29, 1.82) is 0 Å². The van der Waals surface area contributed by atoms with Gasteiger partial charge in [-0.15, -0.1) is 0 Å². The number of amides is 2. The lowest BCUT2D eigenvalue weighted by Crippen LogP contribution is -2.17. The van der Waals surface area contributed by atoms with Gasteiger partial charge in [-0.1, -0.05) is 35.9 Å². The van der Waals surface area contributed by atoms with Gasteiger partial charge in [0.1, 0.15) is 22.7 Å². The fourth-order valence-corrected chi connectivity index (χ4v) is 3.85. The summed E-state index contributed by atoms with van der Waals surface area (Å²) in [5.74, 6) is -0.953. The van der Waals surface area contributed by atoms with Gasteiger partial charge in [0.25, 0.3) is 11.8 Å². The highest BCUT2D eigenvalue weighted by molar-refractivity contribution is 6.16. The summed E-state index contributed by atoms with van der Waals surface area (Å²) in [6.07, 6.45) is 0. The van der Waals surface area contributed by atoms with Crippen molar-refractivity contribution in [2.24, 2.45) is 0 Å². The van der Waals surface area contributed by atoms with Crippen LogP contribution < -0.4 is 10.6 Å². The van der Waals surface area contributed by atoms with E-state index in [2.05, 4.69) is 20.8 Å². The quantitative estimate of drug-likeness (QED) is 0.267. The Balaban J connectivity index is 1.46. The number of furan rings is 1. The van der Waals surface area contributed by atoms with Gasteiger partial charge in [-0.25, -0.2) is 0 Å². The van der Waals surface area contributed by atoms with E-state index < -0.39 is 11.8 Å². The van der Waals surface area contributed by atoms with E-state index in [1.54, 1.807) is 54.6 Å². The molecule has 5 rings (SSSR count). The van der Waals surface area contributed by atoms with Crippen LogP contribution in [0, 0.1) is 13.8 Å². The smallest absolute Gasteiger partial charge is 0.293 e. The number of nitrogens with zero attached hydrogens (tertiary/aromatic N) is 1. The van der Waals surface area contributed by atoms with Crippen LogP contribution in [0.15, 0.2) is 77.2 Å². The molecule has 0 aliphatic carbocycles. The summed E-state index contributed by atoms with van der Waals surface area (Å²) in [5, 5.41) is 23.3. The summed E-state index contributed by atoms with van der Waals surface area (Å²) in [7, 11) is 0. The number of aryl methyl sites for hydroxylation is 2. The molecule has 174 valence electrons. The molecule has 0 aliphatic heterocycles. The van der Waals surface area contributed by atoms with E-state index in [-0.39, 0.29) is 22.9 Å². The van der Waals surface area contributed by atoms with E-state index in [0.29, 0.717) is 27.9 Å². The summed E-state index contributed by atoms with van der Waals surface area (Å²) >= 11 is 0. The second-order valence-corrected chi connectivity index (χ2v) is 8.27. The SMILES string of the molecule is Cc1cccc(NC(=O)c2oc3ccccc3c2NC(=O)c2cc(-c3cc(C)ccc3O)n[nH]2)c1. The third-order valence-electron chi connectivity index (χ3n) is 5.57. The van der Waals surface area contributed by atoms with Gasteiger partial charge in [0.2, 0.25) is 5.76 Å². The Morgan fingerprint density at radius 2 is 1.69 bits per heavy atom. The van der Waals surface area contributed by atoms with Crippen LogP contribution in [0.2, 0.25) is 0 Å². The third kappa shape index (κ3) is 4.37. The van der Waals surface area contributed by atoms with Gasteiger partial charge in [-0.2, -0.15) is 5.10 Å². The minimum atomic E-state index is -0.507. The van der Waals surface area contributed by atoms with Crippen LogP contribution >= 0.6 is 0 Å². The number of phenolic OH excluding ortho intramolecular Hbond substituents is 1. The number of para-hydroxylation sites is 1. The van der Waals surface area contributed by atoms with Crippen molar-refractivity contribution in [3.05, 3.63) is 95.4 Å². The van der Waals surface area contributed by atoms with Crippen LogP contribution in [-0.4, -0.2) is 27.1 Å². The standard InChI is InChI=1S/C27H22N4O4/c1-15-6-5-7-17(12-15)28-27(34)25-24(18-8-3-4-9-23(18)35-25)29-26(33)21-14-20(30-31-21)19-13-16(2)10-11-22(19)32/h3-14,32H,1-2H3,(H,28,34)(H,29,33)(H,30,31). The molecule has 0 saturated carbocycles. The highest BCUT2D eigenvalue weighted by Crippen LogP contribution is 2.33. The third-order valence-corrected chi connectivity index (χ3v) is 5.57. The number of carbonyl (C=O) groups is 2. The van der Waals surface area contributed by atoms with Crippen molar-refractivity contribution < 1.29 is 19.1 Å². The van der Waals surface area contributed by atoms with Crippen molar-refractivity contribution in [3.63, 3.8) is 0 Å². The van der Waals surface area contributed by atoms with Gasteiger partial charge in [0, 0.05) is 16.6 Å². The number of aromatic hydroxyl groups is 1. The fourth-order valence-electron chi connectivity index (χ4n) is 3.85. The highest BCUT2D eigenvalue weighted by atomic mass is 16.3. The summed E-state index contributed by atoms with van der Waals surface area (Å²) in [4.78, 5) is 26.2. The van der Waals surface area contributed by atoms with Crippen LogP contribution in [0.5, 0.6) is 5.75 Å². The Hall–Kier alpha value is -4.85. The zero-order valence-electron chi connectivity index (χ0n) is 19.0. The van der Waals surface area contributed by atoms with Gasteiger partial charge in [0.15, 0.2) is 0 Å². The Morgan fingerprint density at radius 3 is 2.51 bits per heavy atom. The number of rotatable bonds is 5. The Bertz CT molecular complexity index is 1580. The van der Waals surface area contributed by atoms with E-state index >= 15 is 0 Å². The largest absolute Gasteiger partial charge is 0.507 e. The van der Waals surface area contributed by atoms with Crippen molar-refractivity contribution >= 4 is 34.2 Å². The number of nitrogens with one attached hydrogen (secondary N) is 3. The molecule has 0 fully saturated rings. The number of benzene rings is 3. The van der Waals surface area contributed by atoms with Gasteiger partial charge < -0.3 is 20.2 Å². The number of phenols is 1. The number of carbonyl (C=O) groups excluding carboxylic acids is 2. The molecule has 4 N–H and O–H groups in total. The Morgan fingerprint density at radius 1 is 0.886 bits per heavy atom. The van der Waals surface area contributed by atoms with E-state index in [1.165, 1.54) is 0 Å². The first-order chi connectivity index (χ1) is 16.9. The number of hydrogen-bond acceptors (Lipinski definition) is 5. The first-order valence-electron chi connectivity index (χ1n) is 11.0. The fraction of sp³-hybridized carbons (Fsp3) is 0.0741. The van der Waals surface area contributed by atoms with Crippen molar-refractivity contribution in [1.82, 2.24) is 10.2 Å². The monoisotopic (exact) mass is 466 g/mol. The van der Waals surface area contributed by atoms with Crippen molar-refractivity contribution in [3.8, 4) is 17.0 Å². The van der Waals surface area contributed by atoms with Crippen LogP contribution in [0.4, 0.5) is 11.4 Å². The van der Waals surface area contributed by atoms with E-state index in [0.717, 1.165) is 11.1 Å². The minimum Gasteiger partial charge on any atom is -0.507 e. The van der Waals surface area contributed by atoms with E-state index in [1.807, 2.05) is 32.0 Å². The molecule has 0 spiro atoms. The number of H-pyrrole nitrogens is 1. The maximum atomic E-state index is 13.1. The molecule has 0 aliphatic rings. The number of hydrogen-bond donors (Lipinski definition) is 4. The Labute approximate surface area is 200 Å². The minimum absolute atomic E-state index is 0.0166. The molecule has 0 atom stereocenters. The number of aromatic nitrogens is 2. The summed E-state index contributed by atoms with van der Waals surface area (Å²) in [5.41, 5.74) is 4.37. The average Bonchev–Trinajstić information content (AvgIpc) is 3.46. The molecule has 8 heteroatoms. The van der Waals surface area contributed by atoms with Crippen LogP contribution in [0.25, 0.3) is 22.2 Å². The van der Waals surface area contributed by atoms with Gasteiger partial charge >= 0.3 is 0 Å². The molecule has 2 aromatic heterocycles. The number of anilines is 2. The maximum absolute atomic E-state index is 13.1. The predicted molar refractivity (Wildman–Crippen MR) is 134 cm³/mol. The summed E-state index contributed by atoms with van der Waals surface area (Å²) < 4.78 is 5.82. The lowest BCUT2D eigenvalue weighted by Gasteiger charge is -2.07. The van der Waals surface area contributed by atoms with Crippen molar-refractivity contribution in [2.75, 3.05) is 10.6 Å². The number of aromatic amines is 1. The van der Waals surface area contributed by atoms with Gasteiger partial charge in [0.05, 0.1) is 5.69 Å². The van der Waals surface area contributed by atoms with Crippen LogP contribution in [0.1, 0.15) is 32.2 Å². The predicted octanol–water partition coefficient (Wildman–Crippen LogP) is 5.65. The molecular weight excluding hydrogens is 444 g/mol. The molecule has 0 saturated heterocycles. The normalized spacial score (nSPS) is 10.9. The van der Waals surface area contributed by atoms with Gasteiger partial charge in [-0.05, 0) is 61.9 Å². The lowest BCUT2D eigenvalue weighted by molar-refractivity contribution is 0.0999.